The summed E-state index contributed by atoms with van der Waals surface area (Å²) in [6.07, 6.45) is 2.38. The van der Waals surface area contributed by atoms with Crippen LogP contribution in [0.15, 0.2) is 24.3 Å². The van der Waals surface area contributed by atoms with Gasteiger partial charge < -0.3 is 14.7 Å². The second-order valence-electron chi connectivity index (χ2n) is 6.15. The fourth-order valence-electron chi connectivity index (χ4n) is 2.61. The van der Waals surface area contributed by atoms with E-state index in [9.17, 15) is 9.59 Å². The maximum Gasteiger partial charge on any atom is 0.335 e. The van der Waals surface area contributed by atoms with E-state index in [4.69, 9.17) is 9.84 Å². The predicted molar refractivity (Wildman–Crippen MR) is 83.1 cm³/mol. The van der Waals surface area contributed by atoms with E-state index >= 15 is 0 Å². The molecule has 0 aliphatic carbocycles. The lowest BCUT2D eigenvalue weighted by Crippen LogP contribution is -2.44. The summed E-state index contributed by atoms with van der Waals surface area (Å²) in [7, 11) is 0. The van der Waals surface area contributed by atoms with Gasteiger partial charge in [-0.2, -0.15) is 0 Å². The van der Waals surface area contributed by atoms with Crippen LogP contribution >= 0.6 is 0 Å². The van der Waals surface area contributed by atoms with Crippen molar-refractivity contribution < 1.29 is 19.4 Å². The standard InChI is InChI=1S/C17H23NO4/c1-12(2)10-16(19)18-9-3-4-15(11-18)22-14-7-5-13(6-8-14)17(20)21/h5-8,12,15H,3-4,9-11H2,1-2H3,(H,20,21). The molecule has 1 aliphatic heterocycles. The molecular weight excluding hydrogens is 282 g/mol. The van der Waals surface area contributed by atoms with Gasteiger partial charge in [0, 0.05) is 13.0 Å². The fourth-order valence-corrected chi connectivity index (χ4v) is 2.61. The van der Waals surface area contributed by atoms with Crippen LogP contribution < -0.4 is 4.74 Å². The van der Waals surface area contributed by atoms with Crippen LogP contribution in [-0.4, -0.2) is 41.1 Å². The number of benzene rings is 1. The molecule has 1 aromatic rings. The molecule has 0 radical (unpaired) electrons. The van der Waals surface area contributed by atoms with Gasteiger partial charge in [-0.3, -0.25) is 4.79 Å². The number of piperidine rings is 1. The van der Waals surface area contributed by atoms with Crippen LogP contribution in [-0.2, 0) is 4.79 Å². The quantitative estimate of drug-likeness (QED) is 0.908. The smallest absolute Gasteiger partial charge is 0.335 e. The zero-order chi connectivity index (χ0) is 16.1. The van der Waals surface area contributed by atoms with E-state index in [0.717, 1.165) is 19.4 Å². The Morgan fingerprint density at radius 1 is 1.32 bits per heavy atom. The maximum absolute atomic E-state index is 12.1. The van der Waals surface area contributed by atoms with Gasteiger partial charge in [-0.25, -0.2) is 4.79 Å². The van der Waals surface area contributed by atoms with Gasteiger partial charge in [-0.1, -0.05) is 13.8 Å². The minimum Gasteiger partial charge on any atom is -0.489 e. The zero-order valence-corrected chi connectivity index (χ0v) is 13.1. The zero-order valence-electron chi connectivity index (χ0n) is 13.1. The molecule has 0 saturated carbocycles. The lowest BCUT2D eigenvalue weighted by Gasteiger charge is -2.33. The van der Waals surface area contributed by atoms with E-state index in [1.165, 1.54) is 12.1 Å². The molecule has 120 valence electrons. The van der Waals surface area contributed by atoms with Gasteiger partial charge in [0.15, 0.2) is 0 Å². The first-order valence-electron chi connectivity index (χ1n) is 7.73. The highest BCUT2D eigenvalue weighted by atomic mass is 16.5. The molecule has 1 N–H and O–H groups in total. The Labute approximate surface area is 130 Å². The number of nitrogens with zero attached hydrogens (tertiary/aromatic N) is 1. The summed E-state index contributed by atoms with van der Waals surface area (Å²) in [4.78, 5) is 24.8. The molecule has 1 amide bonds. The topological polar surface area (TPSA) is 66.8 Å². The summed E-state index contributed by atoms with van der Waals surface area (Å²) in [6, 6.07) is 6.39. The molecule has 1 aromatic carbocycles. The average molecular weight is 305 g/mol. The monoisotopic (exact) mass is 305 g/mol. The molecule has 1 aliphatic rings. The van der Waals surface area contributed by atoms with Crippen LogP contribution in [0.2, 0.25) is 0 Å². The summed E-state index contributed by atoms with van der Waals surface area (Å²) < 4.78 is 5.89. The third-order valence-corrected chi connectivity index (χ3v) is 3.72. The summed E-state index contributed by atoms with van der Waals surface area (Å²) in [6.45, 7) is 5.48. The highest BCUT2D eigenvalue weighted by molar-refractivity contribution is 5.87. The summed E-state index contributed by atoms with van der Waals surface area (Å²) >= 11 is 0. The van der Waals surface area contributed by atoms with Gasteiger partial charge in [0.1, 0.15) is 11.9 Å². The number of carboxylic acids is 1. The van der Waals surface area contributed by atoms with E-state index in [2.05, 4.69) is 0 Å². The Hall–Kier alpha value is -2.04. The first kappa shape index (κ1) is 16.3. The van der Waals surface area contributed by atoms with E-state index in [1.54, 1.807) is 12.1 Å². The van der Waals surface area contributed by atoms with Crippen LogP contribution in [0.3, 0.4) is 0 Å². The van der Waals surface area contributed by atoms with Gasteiger partial charge >= 0.3 is 5.97 Å². The minimum atomic E-state index is -0.949. The number of aromatic carboxylic acids is 1. The van der Waals surface area contributed by atoms with Crippen molar-refractivity contribution in [3.63, 3.8) is 0 Å². The number of carboxylic acid groups (broad SMARTS) is 1. The van der Waals surface area contributed by atoms with Crippen molar-refractivity contribution in [2.45, 2.75) is 39.2 Å². The summed E-state index contributed by atoms with van der Waals surface area (Å²) in [5.41, 5.74) is 0.240. The Bertz CT molecular complexity index is 524. The molecule has 0 aromatic heterocycles. The molecule has 1 saturated heterocycles. The van der Waals surface area contributed by atoms with Crippen molar-refractivity contribution in [3.8, 4) is 5.75 Å². The maximum atomic E-state index is 12.1. The summed E-state index contributed by atoms with van der Waals surface area (Å²) in [5.74, 6) is 0.240. The molecule has 2 rings (SSSR count). The van der Waals surface area contributed by atoms with Crippen molar-refractivity contribution in [3.05, 3.63) is 29.8 Å². The van der Waals surface area contributed by atoms with E-state index < -0.39 is 5.97 Å². The molecular formula is C17H23NO4. The van der Waals surface area contributed by atoms with Crippen LogP contribution in [0, 0.1) is 5.92 Å². The van der Waals surface area contributed by atoms with Crippen LogP contribution in [0.5, 0.6) is 5.75 Å². The second kappa shape index (κ2) is 7.29. The van der Waals surface area contributed by atoms with Crippen molar-refractivity contribution in [1.29, 1.82) is 0 Å². The van der Waals surface area contributed by atoms with Crippen molar-refractivity contribution in [1.82, 2.24) is 4.90 Å². The lowest BCUT2D eigenvalue weighted by atomic mass is 10.1. The van der Waals surface area contributed by atoms with Gasteiger partial charge in [-0.05, 0) is 43.0 Å². The largest absolute Gasteiger partial charge is 0.489 e. The molecule has 1 atom stereocenters. The van der Waals surface area contributed by atoms with Gasteiger partial charge in [0.25, 0.3) is 0 Å². The number of carbonyl (C=O) groups is 2. The molecule has 0 spiro atoms. The SMILES string of the molecule is CC(C)CC(=O)N1CCCC(Oc2ccc(C(=O)O)cc2)C1. The third kappa shape index (κ3) is 4.48. The number of rotatable bonds is 5. The molecule has 1 unspecified atom stereocenters. The molecule has 5 heteroatoms. The van der Waals surface area contributed by atoms with Crippen LogP contribution in [0.25, 0.3) is 0 Å². The number of carbonyl (C=O) groups excluding carboxylic acids is 1. The Kier molecular flexibility index (Phi) is 5.41. The first-order chi connectivity index (χ1) is 10.5. The van der Waals surface area contributed by atoms with Crippen molar-refractivity contribution in [2.75, 3.05) is 13.1 Å². The van der Waals surface area contributed by atoms with Crippen molar-refractivity contribution >= 4 is 11.9 Å². The van der Waals surface area contributed by atoms with Gasteiger partial charge in [-0.15, -0.1) is 0 Å². The molecule has 1 heterocycles. The third-order valence-electron chi connectivity index (χ3n) is 3.72. The highest BCUT2D eigenvalue weighted by Gasteiger charge is 2.25. The predicted octanol–water partition coefficient (Wildman–Crippen LogP) is 2.80. The molecule has 1 fully saturated rings. The normalized spacial score (nSPS) is 18.3. The van der Waals surface area contributed by atoms with Gasteiger partial charge in [0.05, 0.1) is 12.1 Å². The highest BCUT2D eigenvalue weighted by Crippen LogP contribution is 2.20. The number of hydrogen-bond acceptors (Lipinski definition) is 3. The molecule has 5 nitrogen and oxygen atoms in total. The lowest BCUT2D eigenvalue weighted by molar-refractivity contribution is -0.134. The molecule has 0 bridgehead atoms. The Balaban J connectivity index is 1.92. The number of amides is 1. The van der Waals surface area contributed by atoms with Crippen molar-refractivity contribution in [2.24, 2.45) is 5.92 Å². The summed E-state index contributed by atoms with van der Waals surface area (Å²) in [5, 5.41) is 8.88. The average Bonchev–Trinajstić information content (AvgIpc) is 2.47. The van der Waals surface area contributed by atoms with Crippen LogP contribution in [0.1, 0.15) is 43.5 Å². The number of ether oxygens (including phenoxy) is 1. The van der Waals surface area contributed by atoms with Crippen LogP contribution in [0.4, 0.5) is 0 Å². The Morgan fingerprint density at radius 2 is 2.00 bits per heavy atom. The fraction of sp³-hybridized carbons (Fsp3) is 0.529. The number of hydrogen-bond donors (Lipinski definition) is 1. The van der Waals surface area contributed by atoms with Gasteiger partial charge in [0.2, 0.25) is 5.91 Å². The minimum absolute atomic E-state index is 0.0273. The first-order valence-corrected chi connectivity index (χ1v) is 7.73. The van der Waals surface area contributed by atoms with E-state index in [-0.39, 0.29) is 17.6 Å². The Morgan fingerprint density at radius 3 is 2.59 bits per heavy atom. The molecule has 22 heavy (non-hydrogen) atoms. The van der Waals surface area contributed by atoms with E-state index in [0.29, 0.717) is 24.6 Å². The second-order valence-corrected chi connectivity index (χ2v) is 6.15. The number of likely N-dealkylation sites (tertiary alicyclic amines) is 1. The van der Waals surface area contributed by atoms with E-state index in [1.807, 2.05) is 18.7 Å².